The van der Waals surface area contributed by atoms with Crippen LogP contribution < -0.4 is 10.2 Å². The van der Waals surface area contributed by atoms with E-state index in [0.717, 1.165) is 12.1 Å². The summed E-state index contributed by atoms with van der Waals surface area (Å²) in [5.74, 6) is 0.597. The molecule has 6 nitrogen and oxygen atoms in total. The minimum absolute atomic E-state index is 0.308. The molecule has 0 saturated heterocycles. The van der Waals surface area contributed by atoms with Gasteiger partial charge in [0.05, 0.1) is 12.7 Å². The highest BCUT2D eigenvalue weighted by Gasteiger charge is 2.10. The fourth-order valence-electron chi connectivity index (χ4n) is 1.48. The average molecular weight is 240 g/mol. The first-order chi connectivity index (χ1) is 8.17. The molecular weight excluding hydrogens is 220 g/mol. The molecule has 17 heavy (non-hydrogen) atoms. The molecule has 0 radical (unpaired) electrons. The zero-order valence-corrected chi connectivity index (χ0v) is 10.6. The fraction of sp³-hybridized carbons (Fsp3) is 0.636. The molecule has 2 N–H and O–H groups in total. The molecule has 96 valence electrons. The highest BCUT2D eigenvalue weighted by atomic mass is 16.5. The van der Waals surface area contributed by atoms with Crippen LogP contribution in [0, 0.1) is 0 Å². The van der Waals surface area contributed by atoms with Crippen LogP contribution in [0.15, 0.2) is 12.4 Å². The standard InChI is InChI=1S/C11H20N4O2/c1-12-4-9-5-13-11(14-6-9)15(2)7-10(16)8-17-3/h5-6,10,12,16H,4,7-8H2,1-3H3. The van der Waals surface area contributed by atoms with Crippen LogP contribution in [-0.2, 0) is 11.3 Å². The molecule has 1 rings (SSSR count). The highest BCUT2D eigenvalue weighted by Crippen LogP contribution is 2.05. The summed E-state index contributed by atoms with van der Waals surface area (Å²) in [5.41, 5.74) is 1.03. The van der Waals surface area contributed by atoms with Crippen molar-refractivity contribution in [3.63, 3.8) is 0 Å². The van der Waals surface area contributed by atoms with E-state index >= 15 is 0 Å². The molecule has 0 saturated carbocycles. The number of aliphatic hydroxyl groups is 1. The van der Waals surface area contributed by atoms with Gasteiger partial charge in [-0.3, -0.25) is 0 Å². The molecule has 0 aliphatic carbocycles. The van der Waals surface area contributed by atoms with Gasteiger partial charge in [-0.2, -0.15) is 0 Å². The number of nitrogens with zero attached hydrogens (tertiary/aromatic N) is 3. The van der Waals surface area contributed by atoms with Gasteiger partial charge in [-0.15, -0.1) is 0 Å². The number of hydrogen-bond donors (Lipinski definition) is 2. The maximum Gasteiger partial charge on any atom is 0.225 e. The summed E-state index contributed by atoms with van der Waals surface area (Å²) in [7, 11) is 5.28. The van der Waals surface area contributed by atoms with Crippen LogP contribution in [-0.4, -0.2) is 55.5 Å². The third kappa shape index (κ3) is 4.64. The summed E-state index contributed by atoms with van der Waals surface area (Å²) in [6.45, 7) is 1.50. The minimum atomic E-state index is -0.536. The lowest BCUT2D eigenvalue weighted by molar-refractivity contribution is 0.0693. The topological polar surface area (TPSA) is 70.5 Å². The highest BCUT2D eigenvalue weighted by molar-refractivity contribution is 5.28. The largest absolute Gasteiger partial charge is 0.389 e. The zero-order chi connectivity index (χ0) is 12.7. The van der Waals surface area contributed by atoms with Gasteiger partial charge in [-0.05, 0) is 7.05 Å². The Morgan fingerprint density at radius 3 is 2.65 bits per heavy atom. The van der Waals surface area contributed by atoms with E-state index < -0.39 is 6.10 Å². The lowest BCUT2D eigenvalue weighted by atomic mass is 10.3. The van der Waals surface area contributed by atoms with Gasteiger partial charge in [-0.25, -0.2) is 9.97 Å². The van der Waals surface area contributed by atoms with E-state index in [9.17, 15) is 5.11 Å². The van der Waals surface area contributed by atoms with Crippen LogP contribution in [0.25, 0.3) is 0 Å². The molecule has 1 atom stereocenters. The molecule has 0 amide bonds. The van der Waals surface area contributed by atoms with Gasteiger partial charge < -0.3 is 20.1 Å². The number of aliphatic hydroxyl groups excluding tert-OH is 1. The van der Waals surface area contributed by atoms with Crippen molar-refractivity contribution < 1.29 is 9.84 Å². The van der Waals surface area contributed by atoms with E-state index in [1.807, 2.05) is 14.1 Å². The SMILES string of the molecule is CNCc1cnc(N(C)CC(O)COC)nc1. The van der Waals surface area contributed by atoms with Crippen molar-refractivity contribution in [1.29, 1.82) is 0 Å². The maximum atomic E-state index is 9.59. The van der Waals surface area contributed by atoms with Crippen LogP contribution in [0.3, 0.4) is 0 Å². The molecule has 1 heterocycles. The number of methoxy groups -OCH3 is 1. The molecule has 0 fully saturated rings. The first kappa shape index (κ1) is 13.8. The summed E-state index contributed by atoms with van der Waals surface area (Å²) in [4.78, 5) is 10.3. The van der Waals surface area contributed by atoms with Crippen LogP contribution >= 0.6 is 0 Å². The second kappa shape index (κ2) is 7.16. The quantitative estimate of drug-likeness (QED) is 0.678. The van der Waals surface area contributed by atoms with Crippen molar-refractivity contribution in [2.24, 2.45) is 0 Å². The number of anilines is 1. The molecule has 1 aromatic heterocycles. The third-order valence-corrected chi connectivity index (χ3v) is 2.26. The molecule has 0 aliphatic heterocycles. The Hall–Kier alpha value is -1.24. The Morgan fingerprint density at radius 1 is 1.47 bits per heavy atom. The predicted octanol–water partition coefficient (Wildman–Crippen LogP) is -0.360. The number of ether oxygens (including phenoxy) is 1. The normalized spacial score (nSPS) is 12.5. The number of nitrogens with one attached hydrogen (secondary N) is 1. The van der Waals surface area contributed by atoms with Crippen molar-refractivity contribution in [3.8, 4) is 0 Å². The van der Waals surface area contributed by atoms with Gasteiger partial charge in [0.15, 0.2) is 0 Å². The molecule has 1 aromatic rings. The number of hydrogen-bond acceptors (Lipinski definition) is 6. The lowest BCUT2D eigenvalue weighted by Gasteiger charge is -2.20. The second-order valence-electron chi connectivity index (χ2n) is 3.91. The molecule has 1 unspecified atom stereocenters. The average Bonchev–Trinajstić information content (AvgIpc) is 2.30. The zero-order valence-electron chi connectivity index (χ0n) is 10.6. The summed E-state index contributed by atoms with van der Waals surface area (Å²) < 4.78 is 4.87. The van der Waals surface area contributed by atoms with Crippen LogP contribution in [0.1, 0.15) is 5.56 Å². The van der Waals surface area contributed by atoms with Crippen molar-refractivity contribution in [2.75, 3.05) is 39.3 Å². The smallest absolute Gasteiger partial charge is 0.225 e. The Morgan fingerprint density at radius 2 is 2.12 bits per heavy atom. The molecule has 0 spiro atoms. The van der Waals surface area contributed by atoms with E-state index in [-0.39, 0.29) is 0 Å². The molecular formula is C11H20N4O2. The van der Waals surface area contributed by atoms with Crippen LogP contribution in [0.4, 0.5) is 5.95 Å². The summed E-state index contributed by atoms with van der Waals surface area (Å²) in [6, 6.07) is 0. The molecule has 6 heteroatoms. The Balaban J connectivity index is 2.53. The predicted molar refractivity (Wildman–Crippen MR) is 65.9 cm³/mol. The van der Waals surface area contributed by atoms with Gasteiger partial charge in [0.1, 0.15) is 0 Å². The van der Waals surface area contributed by atoms with Gasteiger partial charge in [0.25, 0.3) is 0 Å². The molecule has 0 aliphatic rings. The Labute approximate surface area is 102 Å². The summed E-state index contributed by atoms with van der Waals surface area (Å²) in [5, 5.41) is 12.6. The third-order valence-electron chi connectivity index (χ3n) is 2.26. The van der Waals surface area contributed by atoms with E-state index in [4.69, 9.17) is 4.74 Å². The van der Waals surface area contributed by atoms with E-state index in [1.54, 1.807) is 24.4 Å². The Kier molecular flexibility index (Phi) is 5.82. The monoisotopic (exact) mass is 240 g/mol. The summed E-state index contributed by atoms with van der Waals surface area (Å²) >= 11 is 0. The first-order valence-electron chi connectivity index (χ1n) is 5.51. The first-order valence-corrected chi connectivity index (χ1v) is 5.51. The van der Waals surface area contributed by atoms with E-state index in [1.165, 1.54) is 0 Å². The maximum absolute atomic E-state index is 9.59. The van der Waals surface area contributed by atoms with Gasteiger partial charge >= 0.3 is 0 Å². The van der Waals surface area contributed by atoms with E-state index in [2.05, 4.69) is 15.3 Å². The van der Waals surface area contributed by atoms with Crippen LogP contribution in [0.2, 0.25) is 0 Å². The summed E-state index contributed by atoms with van der Waals surface area (Å²) in [6.07, 6.45) is 3.02. The lowest BCUT2D eigenvalue weighted by Crippen LogP contribution is -2.32. The number of aromatic nitrogens is 2. The van der Waals surface area contributed by atoms with Crippen molar-refractivity contribution in [1.82, 2.24) is 15.3 Å². The molecule has 0 bridgehead atoms. The van der Waals surface area contributed by atoms with E-state index in [0.29, 0.717) is 19.1 Å². The van der Waals surface area contributed by atoms with Crippen LogP contribution in [0.5, 0.6) is 0 Å². The number of likely N-dealkylation sites (N-methyl/N-ethyl adjacent to an activating group) is 1. The molecule has 0 aromatic carbocycles. The fourth-order valence-corrected chi connectivity index (χ4v) is 1.48. The van der Waals surface area contributed by atoms with Crippen molar-refractivity contribution in [2.45, 2.75) is 12.6 Å². The van der Waals surface area contributed by atoms with Crippen molar-refractivity contribution in [3.05, 3.63) is 18.0 Å². The minimum Gasteiger partial charge on any atom is -0.389 e. The van der Waals surface area contributed by atoms with Gasteiger partial charge in [0, 0.05) is 45.2 Å². The van der Waals surface area contributed by atoms with Crippen molar-refractivity contribution >= 4 is 5.95 Å². The van der Waals surface area contributed by atoms with Gasteiger partial charge in [0.2, 0.25) is 5.95 Å². The Bertz CT molecular complexity index is 318. The van der Waals surface area contributed by atoms with Gasteiger partial charge in [-0.1, -0.05) is 0 Å². The second-order valence-corrected chi connectivity index (χ2v) is 3.91. The number of rotatable bonds is 7.